The van der Waals surface area contributed by atoms with Gasteiger partial charge in [-0.3, -0.25) is 0 Å². The van der Waals surface area contributed by atoms with Gasteiger partial charge in [-0.25, -0.2) is 9.78 Å². The van der Waals surface area contributed by atoms with E-state index < -0.39 is 0 Å². The highest BCUT2D eigenvalue weighted by Gasteiger charge is 2.28. The monoisotopic (exact) mass is 326 g/mol. The second-order valence-electron chi connectivity index (χ2n) is 6.68. The van der Waals surface area contributed by atoms with E-state index in [1.165, 1.54) is 11.5 Å². The van der Waals surface area contributed by atoms with Crippen LogP contribution in [0.2, 0.25) is 0 Å². The maximum atomic E-state index is 11.8. The smallest absolute Gasteiger partial charge is 0.409 e. The van der Waals surface area contributed by atoms with E-state index in [-0.39, 0.29) is 17.6 Å². The Hall–Kier alpha value is -1.37. The Balaban J connectivity index is 1.92. The summed E-state index contributed by atoms with van der Waals surface area (Å²) in [4.78, 5) is 20.4. The van der Waals surface area contributed by atoms with Crippen LogP contribution < -0.4 is 4.90 Å². The summed E-state index contributed by atoms with van der Waals surface area (Å²) < 4.78 is 9.54. The van der Waals surface area contributed by atoms with E-state index in [0.29, 0.717) is 6.61 Å². The Bertz CT molecular complexity index is 504. The molecule has 0 atom stereocenters. The van der Waals surface area contributed by atoms with E-state index in [2.05, 4.69) is 35.0 Å². The number of anilines is 1. The minimum atomic E-state index is -0.230. The first kappa shape index (κ1) is 17.0. The molecule has 1 amide bonds. The lowest BCUT2D eigenvalue weighted by Crippen LogP contribution is -2.45. The third-order valence-corrected chi connectivity index (χ3v) is 4.70. The minimum Gasteiger partial charge on any atom is -0.450 e. The molecule has 0 unspecified atom stereocenters. The highest BCUT2D eigenvalue weighted by Crippen LogP contribution is 2.28. The van der Waals surface area contributed by atoms with Crippen molar-refractivity contribution in [3.05, 3.63) is 5.82 Å². The van der Waals surface area contributed by atoms with Crippen LogP contribution in [-0.2, 0) is 10.2 Å². The zero-order chi connectivity index (χ0) is 16.3. The summed E-state index contributed by atoms with van der Waals surface area (Å²) in [6, 6.07) is 0.241. The Morgan fingerprint density at radius 2 is 2.05 bits per heavy atom. The standard InChI is InChI=1S/C15H26N4O2S/c1-6-21-14(20)18(5)11-7-9-19(10-8-11)13-16-12(17-22-13)15(2,3)4/h11H,6-10H2,1-5H3. The van der Waals surface area contributed by atoms with E-state index in [9.17, 15) is 4.79 Å². The fourth-order valence-electron chi connectivity index (χ4n) is 2.47. The van der Waals surface area contributed by atoms with Crippen LogP contribution in [0.1, 0.15) is 46.4 Å². The molecule has 2 rings (SSSR count). The average molecular weight is 326 g/mol. The lowest BCUT2D eigenvalue weighted by atomic mass is 9.96. The molecule has 1 aliphatic heterocycles. The van der Waals surface area contributed by atoms with Crippen molar-refractivity contribution in [2.75, 3.05) is 31.6 Å². The number of ether oxygens (including phenoxy) is 1. The summed E-state index contributed by atoms with van der Waals surface area (Å²) in [6.07, 6.45) is 1.63. The van der Waals surface area contributed by atoms with Crippen LogP contribution in [0.3, 0.4) is 0 Å². The van der Waals surface area contributed by atoms with Crippen LogP contribution in [0.25, 0.3) is 0 Å². The molecule has 1 saturated heterocycles. The van der Waals surface area contributed by atoms with Gasteiger partial charge in [0, 0.05) is 43.1 Å². The number of carbonyl (C=O) groups excluding carboxylic acids is 1. The number of amides is 1. The van der Waals surface area contributed by atoms with Crippen LogP contribution >= 0.6 is 11.5 Å². The van der Waals surface area contributed by atoms with E-state index >= 15 is 0 Å². The van der Waals surface area contributed by atoms with Gasteiger partial charge < -0.3 is 14.5 Å². The minimum absolute atomic E-state index is 0.0167. The Morgan fingerprint density at radius 1 is 1.41 bits per heavy atom. The van der Waals surface area contributed by atoms with Gasteiger partial charge >= 0.3 is 6.09 Å². The lowest BCUT2D eigenvalue weighted by Gasteiger charge is -2.35. The first-order chi connectivity index (χ1) is 10.3. The Morgan fingerprint density at radius 3 is 2.55 bits per heavy atom. The fraction of sp³-hybridized carbons (Fsp3) is 0.800. The van der Waals surface area contributed by atoms with Crippen LogP contribution in [-0.4, -0.2) is 53.1 Å². The van der Waals surface area contributed by atoms with Gasteiger partial charge in [-0.15, -0.1) is 0 Å². The van der Waals surface area contributed by atoms with Crippen LogP contribution in [0.5, 0.6) is 0 Å². The van der Waals surface area contributed by atoms with Crippen molar-refractivity contribution in [2.24, 2.45) is 0 Å². The summed E-state index contributed by atoms with van der Waals surface area (Å²) in [5, 5.41) is 0.988. The molecule has 6 nitrogen and oxygen atoms in total. The largest absolute Gasteiger partial charge is 0.450 e. The zero-order valence-electron chi connectivity index (χ0n) is 14.1. The summed E-state index contributed by atoms with van der Waals surface area (Å²) in [7, 11) is 1.82. The van der Waals surface area contributed by atoms with Crippen molar-refractivity contribution >= 4 is 22.8 Å². The van der Waals surface area contributed by atoms with E-state index in [1.54, 1.807) is 4.90 Å². The van der Waals surface area contributed by atoms with Gasteiger partial charge in [-0.05, 0) is 19.8 Å². The predicted octanol–water partition coefficient (Wildman–Crippen LogP) is 2.89. The van der Waals surface area contributed by atoms with Crippen LogP contribution in [0.4, 0.5) is 9.93 Å². The van der Waals surface area contributed by atoms with Gasteiger partial charge in [-0.1, -0.05) is 20.8 Å². The molecule has 7 heteroatoms. The van der Waals surface area contributed by atoms with Crippen molar-refractivity contribution in [1.82, 2.24) is 14.3 Å². The zero-order valence-corrected chi connectivity index (χ0v) is 14.9. The van der Waals surface area contributed by atoms with Gasteiger partial charge in [0.2, 0.25) is 5.13 Å². The molecule has 2 heterocycles. The number of nitrogens with zero attached hydrogens (tertiary/aromatic N) is 4. The molecular weight excluding hydrogens is 300 g/mol. The molecule has 0 aliphatic carbocycles. The number of rotatable bonds is 3. The molecule has 1 fully saturated rings. The molecular formula is C15H26N4O2S. The molecule has 0 saturated carbocycles. The first-order valence-electron chi connectivity index (χ1n) is 7.81. The number of piperidine rings is 1. The van der Waals surface area contributed by atoms with Gasteiger partial charge in [0.25, 0.3) is 0 Å². The molecule has 0 radical (unpaired) electrons. The molecule has 0 bridgehead atoms. The molecule has 1 aromatic heterocycles. The molecule has 22 heavy (non-hydrogen) atoms. The number of hydrogen-bond acceptors (Lipinski definition) is 6. The first-order valence-corrected chi connectivity index (χ1v) is 8.59. The third kappa shape index (κ3) is 3.88. The average Bonchev–Trinajstić information content (AvgIpc) is 2.97. The normalized spacial score (nSPS) is 16.7. The topological polar surface area (TPSA) is 58.6 Å². The summed E-state index contributed by atoms with van der Waals surface area (Å²) in [5.41, 5.74) is -0.0167. The van der Waals surface area contributed by atoms with Crippen LogP contribution in [0, 0.1) is 0 Å². The van der Waals surface area contributed by atoms with Gasteiger partial charge in [0.15, 0.2) is 0 Å². The molecule has 0 N–H and O–H groups in total. The van der Waals surface area contributed by atoms with Crippen molar-refractivity contribution in [1.29, 1.82) is 0 Å². The summed E-state index contributed by atoms with van der Waals surface area (Å²) in [6.45, 7) is 10.4. The fourth-order valence-corrected chi connectivity index (χ4v) is 3.38. The number of carbonyl (C=O) groups is 1. The van der Waals surface area contributed by atoms with Gasteiger partial charge in [0.05, 0.1) is 6.61 Å². The van der Waals surface area contributed by atoms with Gasteiger partial charge in [-0.2, -0.15) is 4.37 Å². The number of aromatic nitrogens is 2. The summed E-state index contributed by atoms with van der Waals surface area (Å²) >= 11 is 1.47. The lowest BCUT2D eigenvalue weighted by molar-refractivity contribution is 0.0962. The maximum absolute atomic E-state index is 11.8. The Kier molecular flexibility index (Phi) is 5.26. The molecule has 0 spiro atoms. The van der Waals surface area contributed by atoms with Crippen molar-refractivity contribution in [3.8, 4) is 0 Å². The van der Waals surface area contributed by atoms with Crippen LogP contribution in [0.15, 0.2) is 0 Å². The highest BCUT2D eigenvalue weighted by atomic mass is 32.1. The quantitative estimate of drug-likeness (QED) is 0.855. The highest BCUT2D eigenvalue weighted by molar-refractivity contribution is 7.09. The Labute approximate surface area is 136 Å². The maximum Gasteiger partial charge on any atom is 0.409 e. The molecule has 1 aromatic rings. The molecule has 1 aliphatic rings. The summed E-state index contributed by atoms with van der Waals surface area (Å²) in [5.74, 6) is 0.901. The van der Waals surface area contributed by atoms with Crippen molar-refractivity contribution in [3.63, 3.8) is 0 Å². The predicted molar refractivity (Wildman–Crippen MR) is 88.6 cm³/mol. The van der Waals surface area contributed by atoms with Crippen molar-refractivity contribution in [2.45, 2.75) is 52.0 Å². The van der Waals surface area contributed by atoms with Crippen molar-refractivity contribution < 1.29 is 9.53 Å². The molecule has 0 aromatic carbocycles. The van der Waals surface area contributed by atoms with E-state index in [4.69, 9.17) is 4.74 Å². The third-order valence-electron chi connectivity index (χ3n) is 3.92. The van der Waals surface area contributed by atoms with Gasteiger partial charge in [0.1, 0.15) is 5.82 Å². The SMILES string of the molecule is CCOC(=O)N(C)C1CCN(c2nc(C(C)(C)C)ns2)CC1. The second kappa shape index (κ2) is 6.81. The number of hydrogen-bond donors (Lipinski definition) is 0. The van der Waals surface area contributed by atoms with E-state index in [0.717, 1.165) is 36.9 Å². The van der Waals surface area contributed by atoms with E-state index in [1.807, 2.05) is 14.0 Å². The molecule has 124 valence electrons. The second-order valence-corrected chi connectivity index (χ2v) is 7.41.